The fourth-order valence-corrected chi connectivity index (χ4v) is 1.15. The molecule has 1 heterocycles. The minimum Gasteiger partial charge on any atom is -0.380 e. The largest absolute Gasteiger partial charge is 0.380 e. The number of ether oxygens (including phenoxy) is 1. The quantitative estimate of drug-likeness (QED) is 0.762. The standard InChI is InChI=1S/C11H18N4O2/c1-4-13-10-7-12-6-9(15-10)11(16)14-5-8(2)17-3/h6-8H,4-5H2,1-3H3,(H,13,15)(H,14,16). The lowest BCUT2D eigenvalue weighted by atomic mass is 10.3. The van der Waals surface area contributed by atoms with Crippen molar-refractivity contribution in [3.63, 3.8) is 0 Å². The van der Waals surface area contributed by atoms with E-state index in [1.54, 1.807) is 13.3 Å². The van der Waals surface area contributed by atoms with E-state index in [0.29, 0.717) is 18.1 Å². The van der Waals surface area contributed by atoms with Crippen LogP contribution in [0.4, 0.5) is 5.82 Å². The Balaban J connectivity index is 2.59. The summed E-state index contributed by atoms with van der Waals surface area (Å²) >= 11 is 0. The van der Waals surface area contributed by atoms with Gasteiger partial charge in [0.1, 0.15) is 11.5 Å². The first kappa shape index (κ1) is 13.4. The Hall–Kier alpha value is -1.69. The highest BCUT2D eigenvalue weighted by Crippen LogP contribution is 2.01. The summed E-state index contributed by atoms with van der Waals surface area (Å²) in [7, 11) is 1.60. The number of carbonyl (C=O) groups excluding carboxylic acids is 1. The molecule has 0 aliphatic carbocycles. The Kier molecular flexibility index (Phi) is 5.35. The Labute approximate surface area is 101 Å². The van der Waals surface area contributed by atoms with Crippen LogP contribution in [0.5, 0.6) is 0 Å². The lowest BCUT2D eigenvalue weighted by molar-refractivity contribution is 0.0866. The van der Waals surface area contributed by atoms with Crippen LogP contribution in [0.3, 0.4) is 0 Å². The smallest absolute Gasteiger partial charge is 0.271 e. The molecule has 0 saturated heterocycles. The molecule has 17 heavy (non-hydrogen) atoms. The Morgan fingerprint density at radius 3 is 2.94 bits per heavy atom. The highest BCUT2D eigenvalue weighted by atomic mass is 16.5. The summed E-state index contributed by atoms with van der Waals surface area (Å²) in [6, 6.07) is 0. The van der Waals surface area contributed by atoms with Crippen molar-refractivity contribution in [3.05, 3.63) is 18.1 Å². The summed E-state index contributed by atoms with van der Waals surface area (Å²) in [6.07, 6.45) is 3.00. The van der Waals surface area contributed by atoms with Crippen LogP contribution in [0.15, 0.2) is 12.4 Å². The molecule has 1 unspecified atom stereocenters. The Morgan fingerprint density at radius 2 is 2.29 bits per heavy atom. The third kappa shape index (κ3) is 4.36. The van der Waals surface area contributed by atoms with Gasteiger partial charge in [-0.15, -0.1) is 0 Å². The molecular formula is C11H18N4O2. The molecule has 0 bridgehead atoms. The minimum absolute atomic E-state index is 0.0242. The van der Waals surface area contributed by atoms with Crippen molar-refractivity contribution in [3.8, 4) is 0 Å². The lowest BCUT2D eigenvalue weighted by Gasteiger charge is -2.10. The maximum atomic E-state index is 11.7. The zero-order valence-corrected chi connectivity index (χ0v) is 10.4. The van der Waals surface area contributed by atoms with Crippen LogP contribution in [0, 0.1) is 0 Å². The van der Waals surface area contributed by atoms with Crippen LogP contribution in [0.2, 0.25) is 0 Å². The topological polar surface area (TPSA) is 76.1 Å². The number of nitrogens with zero attached hydrogens (tertiary/aromatic N) is 2. The summed E-state index contributed by atoms with van der Waals surface area (Å²) in [5.74, 6) is 0.348. The van der Waals surface area contributed by atoms with Gasteiger partial charge in [-0.2, -0.15) is 0 Å². The molecule has 1 rings (SSSR count). The Morgan fingerprint density at radius 1 is 1.53 bits per heavy atom. The van der Waals surface area contributed by atoms with E-state index < -0.39 is 0 Å². The average Bonchev–Trinajstić information content (AvgIpc) is 2.36. The number of carbonyl (C=O) groups is 1. The minimum atomic E-state index is -0.249. The maximum Gasteiger partial charge on any atom is 0.271 e. The molecular weight excluding hydrogens is 220 g/mol. The summed E-state index contributed by atoms with van der Waals surface area (Å²) in [5, 5.41) is 5.73. The predicted molar refractivity (Wildman–Crippen MR) is 65.0 cm³/mol. The molecule has 0 saturated carbocycles. The van der Waals surface area contributed by atoms with Crippen LogP contribution < -0.4 is 10.6 Å². The molecule has 0 aliphatic heterocycles. The number of hydrogen-bond acceptors (Lipinski definition) is 5. The molecule has 6 heteroatoms. The van der Waals surface area contributed by atoms with E-state index in [1.807, 2.05) is 13.8 Å². The van der Waals surface area contributed by atoms with E-state index in [0.717, 1.165) is 6.54 Å². The van der Waals surface area contributed by atoms with E-state index in [2.05, 4.69) is 20.6 Å². The molecule has 6 nitrogen and oxygen atoms in total. The van der Waals surface area contributed by atoms with Crippen molar-refractivity contribution in [2.75, 3.05) is 25.5 Å². The van der Waals surface area contributed by atoms with Crippen molar-refractivity contribution >= 4 is 11.7 Å². The molecule has 2 N–H and O–H groups in total. The molecule has 0 aliphatic rings. The summed E-state index contributed by atoms with van der Waals surface area (Å²) in [4.78, 5) is 19.8. The average molecular weight is 238 g/mol. The van der Waals surface area contributed by atoms with Crippen LogP contribution >= 0.6 is 0 Å². The normalized spacial score (nSPS) is 11.9. The van der Waals surface area contributed by atoms with Crippen molar-refractivity contribution in [1.29, 1.82) is 0 Å². The summed E-state index contributed by atoms with van der Waals surface area (Å²) < 4.78 is 5.04. The number of amides is 1. The van der Waals surface area contributed by atoms with Crippen molar-refractivity contribution < 1.29 is 9.53 Å². The molecule has 0 fully saturated rings. The third-order valence-corrected chi connectivity index (χ3v) is 2.18. The second kappa shape index (κ2) is 6.80. The molecule has 0 spiro atoms. The van der Waals surface area contributed by atoms with Gasteiger partial charge in [-0.1, -0.05) is 0 Å². The monoisotopic (exact) mass is 238 g/mol. The molecule has 0 radical (unpaired) electrons. The van der Waals surface area contributed by atoms with Gasteiger partial charge >= 0.3 is 0 Å². The SMILES string of the molecule is CCNc1cncc(C(=O)NCC(C)OC)n1. The highest BCUT2D eigenvalue weighted by Gasteiger charge is 2.09. The number of methoxy groups -OCH3 is 1. The van der Waals surface area contributed by atoms with Crippen molar-refractivity contribution in [2.45, 2.75) is 20.0 Å². The number of aromatic nitrogens is 2. The second-order valence-electron chi connectivity index (χ2n) is 3.58. The molecule has 1 amide bonds. The first-order valence-corrected chi connectivity index (χ1v) is 5.54. The van der Waals surface area contributed by atoms with E-state index in [1.165, 1.54) is 6.20 Å². The van der Waals surface area contributed by atoms with Crippen molar-refractivity contribution in [1.82, 2.24) is 15.3 Å². The maximum absolute atomic E-state index is 11.7. The van der Waals surface area contributed by atoms with Crippen molar-refractivity contribution in [2.24, 2.45) is 0 Å². The van der Waals surface area contributed by atoms with Gasteiger partial charge in [0.05, 0.1) is 18.5 Å². The van der Waals surface area contributed by atoms with Gasteiger partial charge in [-0.3, -0.25) is 9.78 Å². The van der Waals surface area contributed by atoms with Gasteiger partial charge in [-0.05, 0) is 13.8 Å². The van der Waals surface area contributed by atoms with Gasteiger partial charge in [0, 0.05) is 20.2 Å². The number of anilines is 1. The first-order valence-electron chi connectivity index (χ1n) is 5.54. The molecule has 94 valence electrons. The van der Waals surface area contributed by atoms with E-state index >= 15 is 0 Å². The van der Waals surface area contributed by atoms with E-state index in [9.17, 15) is 4.79 Å². The van der Waals surface area contributed by atoms with Crippen LogP contribution in [0.1, 0.15) is 24.3 Å². The van der Waals surface area contributed by atoms with Gasteiger partial charge in [0.15, 0.2) is 0 Å². The number of hydrogen-bond donors (Lipinski definition) is 2. The first-order chi connectivity index (χ1) is 8.17. The lowest BCUT2D eigenvalue weighted by Crippen LogP contribution is -2.32. The highest BCUT2D eigenvalue weighted by molar-refractivity contribution is 5.92. The van der Waals surface area contributed by atoms with Gasteiger partial charge in [0.25, 0.3) is 5.91 Å². The molecule has 1 aromatic rings. The van der Waals surface area contributed by atoms with Crippen LogP contribution in [0.25, 0.3) is 0 Å². The van der Waals surface area contributed by atoms with E-state index in [4.69, 9.17) is 4.74 Å². The predicted octanol–water partition coefficient (Wildman–Crippen LogP) is 0.673. The zero-order valence-electron chi connectivity index (χ0n) is 10.4. The summed E-state index contributed by atoms with van der Waals surface area (Å²) in [5.41, 5.74) is 0.298. The van der Waals surface area contributed by atoms with Crippen LogP contribution in [-0.4, -0.2) is 42.2 Å². The molecule has 0 aromatic carbocycles. The zero-order chi connectivity index (χ0) is 12.7. The Bertz CT molecular complexity index is 370. The molecule has 1 aromatic heterocycles. The van der Waals surface area contributed by atoms with E-state index in [-0.39, 0.29) is 12.0 Å². The van der Waals surface area contributed by atoms with Crippen LogP contribution in [-0.2, 0) is 4.74 Å². The summed E-state index contributed by atoms with van der Waals surface area (Å²) in [6.45, 7) is 5.01. The van der Waals surface area contributed by atoms with Gasteiger partial charge in [-0.25, -0.2) is 4.98 Å². The fraction of sp³-hybridized carbons (Fsp3) is 0.545. The fourth-order valence-electron chi connectivity index (χ4n) is 1.15. The third-order valence-electron chi connectivity index (χ3n) is 2.18. The molecule has 1 atom stereocenters. The van der Waals surface area contributed by atoms with Gasteiger partial charge in [0.2, 0.25) is 0 Å². The van der Waals surface area contributed by atoms with Gasteiger partial charge < -0.3 is 15.4 Å². The second-order valence-corrected chi connectivity index (χ2v) is 3.58. The number of nitrogens with one attached hydrogen (secondary N) is 2. The number of rotatable bonds is 6.